The van der Waals surface area contributed by atoms with Gasteiger partial charge in [0.1, 0.15) is 31.0 Å². The maximum atomic E-state index is 12.1. The number of aryl methyl sites for hydroxylation is 2. The van der Waals surface area contributed by atoms with Gasteiger partial charge in [-0.1, -0.05) is 48.5 Å². The van der Waals surface area contributed by atoms with Crippen molar-refractivity contribution in [2.75, 3.05) is 13.2 Å². The first-order valence-electron chi connectivity index (χ1n) is 10.6. The molecule has 32 heavy (non-hydrogen) atoms. The van der Waals surface area contributed by atoms with Crippen molar-refractivity contribution in [1.29, 1.82) is 0 Å². The molecule has 7 nitrogen and oxygen atoms in total. The van der Waals surface area contributed by atoms with Crippen LogP contribution in [0.3, 0.4) is 0 Å². The summed E-state index contributed by atoms with van der Waals surface area (Å²) in [6, 6.07) is 15.5. The Morgan fingerprint density at radius 2 is 1.75 bits per heavy atom. The quantitative estimate of drug-likeness (QED) is 0.424. The molecule has 0 bridgehead atoms. The van der Waals surface area contributed by atoms with Crippen LogP contribution in [0.25, 0.3) is 6.08 Å². The topological polar surface area (TPSA) is 105 Å². The van der Waals surface area contributed by atoms with Crippen LogP contribution < -0.4 is 0 Å². The van der Waals surface area contributed by atoms with Gasteiger partial charge in [-0.15, -0.1) is 0 Å². The van der Waals surface area contributed by atoms with E-state index >= 15 is 0 Å². The monoisotopic (exact) mass is 442 g/mol. The third kappa shape index (κ3) is 6.48. The van der Waals surface area contributed by atoms with E-state index in [-0.39, 0.29) is 13.2 Å². The Labute approximate surface area is 187 Å². The highest BCUT2D eigenvalue weighted by Crippen LogP contribution is 2.23. The van der Waals surface area contributed by atoms with Gasteiger partial charge in [-0.2, -0.15) is 0 Å². The van der Waals surface area contributed by atoms with E-state index < -0.39 is 36.7 Å². The molecule has 5 atom stereocenters. The highest BCUT2D eigenvalue weighted by atomic mass is 16.7. The average molecular weight is 443 g/mol. The lowest BCUT2D eigenvalue weighted by Gasteiger charge is -2.39. The molecule has 1 aliphatic heterocycles. The smallest absolute Gasteiger partial charge is 0.330 e. The number of esters is 1. The Hall–Kier alpha value is -2.55. The van der Waals surface area contributed by atoms with E-state index in [9.17, 15) is 20.1 Å². The molecule has 0 saturated carbocycles. The molecule has 2 aromatic carbocycles. The zero-order valence-electron chi connectivity index (χ0n) is 18.3. The molecule has 7 heteroatoms. The fourth-order valence-electron chi connectivity index (χ4n) is 3.37. The molecule has 0 aliphatic carbocycles. The minimum absolute atomic E-state index is 0.250. The molecule has 1 saturated heterocycles. The van der Waals surface area contributed by atoms with Crippen LogP contribution in [0.1, 0.15) is 22.3 Å². The standard InChI is InChI=1S/C25H30O7/c1-16-8-9-19(14-17(16)2)10-11-21(26)31-15-20-22(27)23(28)24(29)25(32-20)30-13-12-18-6-4-3-5-7-18/h3-11,14,20,22-25,27-29H,12-13,15H2,1-2H3/b11-10+. The highest BCUT2D eigenvalue weighted by Gasteiger charge is 2.44. The van der Waals surface area contributed by atoms with Gasteiger partial charge in [0.05, 0.1) is 6.61 Å². The largest absolute Gasteiger partial charge is 0.460 e. The molecule has 2 aromatic rings. The van der Waals surface area contributed by atoms with E-state index in [0.717, 1.165) is 22.3 Å². The number of aliphatic hydroxyl groups excluding tert-OH is 3. The number of aliphatic hydroxyl groups is 3. The molecule has 5 unspecified atom stereocenters. The van der Waals surface area contributed by atoms with E-state index in [1.165, 1.54) is 6.08 Å². The number of carbonyl (C=O) groups excluding carboxylic acids is 1. The first kappa shape index (κ1) is 24.1. The number of carbonyl (C=O) groups is 1. The lowest BCUT2D eigenvalue weighted by Crippen LogP contribution is -2.59. The minimum atomic E-state index is -1.49. The summed E-state index contributed by atoms with van der Waals surface area (Å²) in [5.41, 5.74) is 4.20. The number of rotatable bonds is 8. The van der Waals surface area contributed by atoms with E-state index in [2.05, 4.69) is 0 Å². The molecule has 0 amide bonds. The van der Waals surface area contributed by atoms with Crippen LogP contribution in [0.5, 0.6) is 0 Å². The molecule has 3 N–H and O–H groups in total. The van der Waals surface area contributed by atoms with E-state index in [1.54, 1.807) is 6.08 Å². The van der Waals surface area contributed by atoms with Crippen LogP contribution in [-0.2, 0) is 25.4 Å². The van der Waals surface area contributed by atoms with Gasteiger partial charge in [0.25, 0.3) is 0 Å². The molecule has 0 spiro atoms. The van der Waals surface area contributed by atoms with Crippen LogP contribution in [0, 0.1) is 13.8 Å². The van der Waals surface area contributed by atoms with Crippen molar-refractivity contribution in [3.63, 3.8) is 0 Å². The summed E-state index contributed by atoms with van der Waals surface area (Å²) < 4.78 is 16.3. The van der Waals surface area contributed by atoms with Crippen molar-refractivity contribution >= 4 is 12.0 Å². The van der Waals surface area contributed by atoms with Gasteiger partial charge in [0.2, 0.25) is 0 Å². The maximum absolute atomic E-state index is 12.1. The lowest BCUT2D eigenvalue weighted by atomic mass is 9.99. The average Bonchev–Trinajstić information content (AvgIpc) is 2.79. The van der Waals surface area contributed by atoms with Crippen LogP contribution in [0.4, 0.5) is 0 Å². The summed E-state index contributed by atoms with van der Waals surface area (Å²) in [7, 11) is 0. The SMILES string of the molecule is Cc1ccc(/C=C/C(=O)OCC2OC(OCCc3ccccc3)C(O)C(O)C2O)cc1C. The van der Waals surface area contributed by atoms with Crippen molar-refractivity contribution in [3.8, 4) is 0 Å². The zero-order chi connectivity index (χ0) is 23.1. The van der Waals surface area contributed by atoms with Crippen molar-refractivity contribution in [1.82, 2.24) is 0 Å². The minimum Gasteiger partial charge on any atom is -0.460 e. The Bertz CT molecular complexity index is 912. The van der Waals surface area contributed by atoms with E-state index in [0.29, 0.717) is 6.42 Å². The predicted molar refractivity (Wildman–Crippen MR) is 119 cm³/mol. The van der Waals surface area contributed by atoms with Gasteiger partial charge in [0, 0.05) is 6.08 Å². The molecule has 1 fully saturated rings. The predicted octanol–water partition coefficient (Wildman–Crippen LogP) is 1.93. The van der Waals surface area contributed by atoms with Crippen LogP contribution in [0.15, 0.2) is 54.6 Å². The van der Waals surface area contributed by atoms with Gasteiger partial charge in [-0.25, -0.2) is 4.79 Å². The number of ether oxygens (including phenoxy) is 3. The second-order valence-corrected chi connectivity index (χ2v) is 7.93. The van der Waals surface area contributed by atoms with Gasteiger partial charge in [0.15, 0.2) is 6.29 Å². The van der Waals surface area contributed by atoms with Gasteiger partial charge < -0.3 is 29.5 Å². The Balaban J connectivity index is 1.51. The van der Waals surface area contributed by atoms with Crippen LogP contribution in [0.2, 0.25) is 0 Å². The Morgan fingerprint density at radius 1 is 1.00 bits per heavy atom. The van der Waals surface area contributed by atoms with E-state index in [1.807, 2.05) is 62.4 Å². The van der Waals surface area contributed by atoms with Gasteiger partial charge in [-0.05, 0) is 48.6 Å². The van der Waals surface area contributed by atoms with Crippen LogP contribution >= 0.6 is 0 Å². The summed E-state index contributed by atoms with van der Waals surface area (Å²) in [5.74, 6) is -0.610. The second kappa shape index (κ2) is 11.4. The van der Waals surface area contributed by atoms with Crippen molar-refractivity contribution < 1.29 is 34.3 Å². The molecular formula is C25H30O7. The molecule has 172 valence electrons. The Kier molecular flexibility index (Phi) is 8.55. The second-order valence-electron chi connectivity index (χ2n) is 7.93. The summed E-state index contributed by atoms with van der Waals surface area (Å²) in [6.07, 6.45) is -2.98. The summed E-state index contributed by atoms with van der Waals surface area (Å²) in [4.78, 5) is 12.1. The first-order valence-corrected chi connectivity index (χ1v) is 10.6. The highest BCUT2D eigenvalue weighted by molar-refractivity contribution is 5.87. The zero-order valence-corrected chi connectivity index (χ0v) is 18.3. The van der Waals surface area contributed by atoms with Gasteiger partial charge >= 0.3 is 5.97 Å². The summed E-state index contributed by atoms with van der Waals surface area (Å²) in [6.45, 7) is 3.96. The number of benzene rings is 2. The molecule has 1 aliphatic rings. The van der Waals surface area contributed by atoms with Crippen molar-refractivity contribution in [2.45, 2.75) is 51.0 Å². The molecule has 0 aromatic heterocycles. The Morgan fingerprint density at radius 3 is 2.47 bits per heavy atom. The lowest BCUT2D eigenvalue weighted by molar-refractivity contribution is -0.301. The third-order valence-electron chi connectivity index (χ3n) is 5.52. The van der Waals surface area contributed by atoms with Crippen molar-refractivity contribution in [2.24, 2.45) is 0 Å². The van der Waals surface area contributed by atoms with Gasteiger partial charge in [-0.3, -0.25) is 0 Å². The van der Waals surface area contributed by atoms with Crippen molar-refractivity contribution in [3.05, 3.63) is 76.9 Å². The fourth-order valence-corrected chi connectivity index (χ4v) is 3.37. The van der Waals surface area contributed by atoms with E-state index in [4.69, 9.17) is 14.2 Å². The normalized spacial score (nSPS) is 25.7. The number of hydrogen-bond acceptors (Lipinski definition) is 7. The maximum Gasteiger partial charge on any atom is 0.330 e. The summed E-state index contributed by atoms with van der Waals surface area (Å²) in [5, 5.41) is 30.5. The first-order chi connectivity index (χ1) is 15.3. The molecule has 0 radical (unpaired) electrons. The summed E-state index contributed by atoms with van der Waals surface area (Å²) >= 11 is 0. The fraction of sp³-hybridized carbons (Fsp3) is 0.400. The molecule has 3 rings (SSSR count). The third-order valence-corrected chi connectivity index (χ3v) is 5.52. The van der Waals surface area contributed by atoms with Crippen LogP contribution in [-0.4, -0.2) is 65.2 Å². The number of hydrogen-bond donors (Lipinski definition) is 3. The molecular weight excluding hydrogens is 412 g/mol. The molecule has 1 heterocycles.